The van der Waals surface area contributed by atoms with Crippen molar-refractivity contribution in [3.63, 3.8) is 0 Å². The monoisotopic (exact) mass is 269 g/mol. The van der Waals surface area contributed by atoms with Gasteiger partial charge in [-0.2, -0.15) is 0 Å². The molecule has 0 fully saturated rings. The van der Waals surface area contributed by atoms with E-state index in [9.17, 15) is 12.8 Å². The van der Waals surface area contributed by atoms with Gasteiger partial charge in [0, 0.05) is 0 Å². The average molecular weight is 270 g/mol. The van der Waals surface area contributed by atoms with Crippen LogP contribution in [0.15, 0.2) is 21.5 Å². The van der Waals surface area contributed by atoms with Crippen molar-refractivity contribution in [1.29, 1.82) is 0 Å². The number of primary sulfonamides is 1. The molecule has 0 radical (unpaired) electrons. The number of rotatable bonds is 1. The number of hydrogen-bond donors (Lipinski definition) is 2. The highest BCUT2D eigenvalue weighted by molar-refractivity contribution is 9.10. The topological polar surface area (TPSA) is 80.4 Å². The molecule has 7 heteroatoms. The van der Waals surface area contributed by atoms with E-state index in [2.05, 4.69) is 21.1 Å². The SMILES string of the molecule is NS(=O)(=O)c1ccc(Br)c(O)c1F. The number of aromatic hydroxyl groups is 1. The third-order valence-electron chi connectivity index (χ3n) is 1.34. The van der Waals surface area contributed by atoms with Crippen LogP contribution in [-0.4, -0.2) is 13.5 Å². The summed E-state index contributed by atoms with van der Waals surface area (Å²) in [6.45, 7) is 0. The van der Waals surface area contributed by atoms with Crippen LogP contribution in [0.3, 0.4) is 0 Å². The highest BCUT2D eigenvalue weighted by Crippen LogP contribution is 2.30. The third-order valence-corrected chi connectivity index (χ3v) is 2.91. The summed E-state index contributed by atoms with van der Waals surface area (Å²) in [5.74, 6) is -2.02. The standard InChI is InChI=1S/C6H5BrFNO3S/c7-3-1-2-4(13(9,11)12)5(8)6(3)10/h1-2,10H,(H2,9,11,12). The fourth-order valence-corrected chi connectivity index (χ4v) is 1.65. The van der Waals surface area contributed by atoms with E-state index in [1.54, 1.807) is 0 Å². The lowest BCUT2D eigenvalue weighted by atomic mass is 10.3. The predicted molar refractivity (Wildman–Crippen MR) is 47.1 cm³/mol. The van der Waals surface area contributed by atoms with E-state index in [0.29, 0.717) is 0 Å². The van der Waals surface area contributed by atoms with Crippen LogP contribution >= 0.6 is 15.9 Å². The van der Waals surface area contributed by atoms with E-state index in [4.69, 9.17) is 5.11 Å². The molecule has 13 heavy (non-hydrogen) atoms. The van der Waals surface area contributed by atoms with Crippen molar-refractivity contribution in [3.8, 4) is 5.75 Å². The number of phenolic OH excluding ortho intramolecular Hbond substituents is 1. The van der Waals surface area contributed by atoms with Crippen LogP contribution in [-0.2, 0) is 10.0 Å². The third kappa shape index (κ3) is 1.98. The van der Waals surface area contributed by atoms with E-state index in [0.717, 1.165) is 6.07 Å². The Kier molecular flexibility index (Phi) is 2.60. The van der Waals surface area contributed by atoms with Crippen molar-refractivity contribution in [2.45, 2.75) is 4.90 Å². The molecule has 3 N–H and O–H groups in total. The molecule has 0 aliphatic carbocycles. The molecule has 0 saturated carbocycles. The fourth-order valence-electron chi connectivity index (χ4n) is 0.742. The molecule has 0 aromatic heterocycles. The first-order valence-corrected chi connectivity index (χ1v) is 5.37. The Morgan fingerprint density at radius 2 is 2.00 bits per heavy atom. The molecule has 1 rings (SSSR count). The Hall–Kier alpha value is -0.660. The van der Waals surface area contributed by atoms with Crippen LogP contribution in [0.1, 0.15) is 0 Å². The van der Waals surface area contributed by atoms with Gasteiger partial charge < -0.3 is 5.11 Å². The van der Waals surface area contributed by atoms with Gasteiger partial charge in [-0.25, -0.2) is 17.9 Å². The lowest BCUT2D eigenvalue weighted by molar-refractivity contribution is 0.419. The molecule has 0 bridgehead atoms. The molecule has 0 heterocycles. The van der Waals surface area contributed by atoms with E-state index in [1.165, 1.54) is 6.07 Å². The maximum absolute atomic E-state index is 13.0. The summed E-state index contributed by atoms with van der Waals surface area (Å²) in [5, 5.41) is 13.7. The van der Waals surface area contributed by atoms with Crippen molar-refractivity contribution in [2.24, 2.45) is 5.14 Å². The Bertz CT molecular complexity index is 445. The van der Waals surface area contributed by atoms with Crippen LogP contribution in [0.25, 0.3) is 0 Å². The summed E-state index contributed by atoms with van der Waals surface area (Å²) in [4.78, 5) is -0.729. The molecule has 0 saturated heterocycles. The molecule has 0 spiro atoms. The quantitative estimate of drug-likeness (QED) is 0.796. The second-order valence-electron chi connectivity index (χ2n) is 2.25. The summed E-state index contributed by atoms with van der Waals surface area (Å²) in [6, 6.07) is 2.16. The summed E-state index contributed by atoms with van der Waals surface area (Å²) in [5.41, 5.74) is 0. The average Bonchev–Trinajstić information content (AvgIpc) is 1.98. The number of benzene rings is 1. The van der Waals surface area contributed by atoms with Gasteiger partial charge in [-0.1, -0.05) is 0 Å². The largest absolute Gasteiger partial charge is 0.504 e. The number of phenols is 1. The number of halogens is 2. The van der Waals surface area contributed by atoms with Crippen LogP contribution in [0.4, 0.5) is 4.39 Å². The lowest BCUT2D eigenvalue weighted by Gasteiger charge is -2.03. The van der Waals surface area contributed by atoms with E-state index >= 15 is 0 Å². The van der Waals surface area contributed by atoms with Crippen molar-refractivity contribution < 1.29 is 17.9 Å². The van der Waals surface area contributed by atoms with Gasteiger partial charge in [0.25, 0.3) is 0 Å². The molecule has 0 aliphatic rings. The summed E-state index contributed by atoms with van der Waals surface area (Å²) < 4.78 is 34.5. The minimum Gasteiger partial charge on any atom is -0.504 e. The molecule has 0 unspecified atom stereocenters. The highest BCUT2D eigenvalue weighted by Gasteiger charge is 2.18. The normalized spacial score (nSPS) is 11.6. The van der Waals surface area contributed by atoms with Crippen LogP contribution < -0.4 is 5.14 Å². The number of nitrogens with two attached hydrogens (primary N) is 1. The summed E-state index contributed by atoms with van der Waals surface area (Å²) in [7, 11) is -4.13. The van der Waals surface area contributed by atoms with Gasteiger partial charge in [-0.05, 0) is 28.1 Å². The van der Waals surface area contributed by atoms with Crippen molar-refractivity contribution in [1.82, 2.24) is 0 Å². The van der Waals surface area contributed by atoms with Gasteiger partial charge >= 0.3 is 0 Å². The smallest absolute Gasteiger partial charge is 0.241 e. The molecule has 0 amide bonds. The van der Waals surface area contributed by atoms with Gasteiger partial charge in [-0.15, -0.1) is 0 Å². The zero-order chi connectivity index (χ0) is 10.2. The van der Waals surface area contributed by atoms with Crippen LogP contribution in [0.2, 0.25) is 0 Å². The minimum atomic E-state index is -4.13. The first kappa shape index (κ1) is 10.4. The lowest BCUT2D eigenvalue weighted by Crippen LogP contribution is -2.14. The molecule has 1 aromatic carbocycles. The second kappa shape index (κ2) is 3.24. The van der Waals surface area contributed by atoms with E-state index in [-0.39, 0.29) is 4.47 Å². The maximum Gasteiger partial charge on any atom is 0.241 e. The number of hydrogen-bond acceptors (Lipinski definition) is 3. The van der Waals surface area contributed by atoms with Gasteiger partial charge in [0.05, 0.1) is 4.47 Å². The predicted octanol–water partition coefficient (Wildman–Crippen LogP) is 0.941. The fraction of sp³-hybridized carbons (Fsp3) is 0. The molecular formula is C6H5BrFNO3S. The van der Waals surface area contributed by atoms with Crippen molar-refractivity contribution in [2.75, 3.05) is 0 Å². The Morgan fingerprint density at radius 3 is 2.46 bits per heavy atom. The first-order chi connectivity index (χ1) is 5.84. The zero-order valence-corrected chi connectivity index (χ0v) is 8.56. The van der Waals surface area contributed by atoms with Crippen LogP contribution in [0.5, 0.6) is 5.75 Å². The second-order valence-corrected chi connectivity index (χ2v) is 4.64. The van der Waals surface area contributed by atoms with Gasteiger partial charge in [-0.3, -0.25) is 0 Å². The molecule has 0 atom stereocenters. The first-order valence-electron chi connectivity index (χ1n) is 3.04. The van der Waals surface area contributed by atoms with Crippen LogP contribution in [0, 0.1) is 5.82 Å². The van der Waals surface area contributed by atoms with E-state index in [1.807, 2.05) is 0 Å². The molecule has 4 nitrogen and oxygen atoms in total. The molecule has 1 aromatic rings. The van der Waals surface area contributed by atoms with Crippen molar-refractivity contribution >= 4 is 26.0 Å². The minimum absolute atomic E-state index is 0.0670. The molecule has 0 aliphatic heterocycles. The summed E-state index contributed by atoms with van der Waals surface area (Å²) in [6.07, 6.45) is 0. The van der Waals surface area contributed by atoms with Crippen molar-refractivity contribution in [3.05, 3.63) is 22.4 Å². The Balaban J connectivity index is 3.53. The number of sulfonamides is 1. The van der Waals surface area contributed by atoms with Gasteiger partial charge in [0.15, 0.2) is 11.6 Å². The highest BCUT2D eigenvalue weighted by atomic mass is 79.9. The molecular weight excluding hydrogens is 265 g/mol. The van der Waals surface area contributed by atoms with E-state index < -0.39 is 26.5 Å². The Labute approximate surface area is 82.4 Å². The molecule has 72 valence electrons. The van der Waals surface area contributed by atoms with Gasteiger partial charge in [0.2, 0.25) is 10.0 Å². The zero-order valence-electron chi connectivity index (χ0n) is 6.16. The van der Waals surface area contributed by atoms with Gasteiger partial charge in [0.1, 0.15) is 4.90 Å². The Morgan fingerprint density at radius 1 is 1.46 bits per heavy atom. The maximum atomic E-state index is 13.0. The summed E-state index contributed by atoms with van der Waals surface area (Å²) >= 11 is 2.82.